The number of hydrogen-bond donors (Lipinski definition) is 2. The van der Waals surface area contributed by atoms with Gasteiger partial charge in [-0.25, -0.2) is 9.37 Å². The van der Waals surface area contributed by atoms with Gasteiger partial charge in [-0.1, -0.05) is 17.7 Å². The van der Waals surface area contributed by atoms with E-state index in [9.17, 15) is 9.18 Å². The fourth-order valence-corrected chi connectivity index (χ4v) is 1.93. The zero-order valence-electron chi connectivity index (χ0n) is 11.0. The van der Waals surface area contributed by atoms with Crippen LogP contribution in [0.3, 0.4) is 0 Å². The van der Waals surface area contributed by atoms with Gasteiger partial charge in [-0.15, -0.1) is 0 Å². The van der Waals surface area contributed by atoms with Crippen molar-refractivity contribution < 1.29 is 9.18 Å². The lowest BCUT2D eigenvalue weighted by molar-refractivity contribution is 0.102. The number of nitrogens with one attached hydrogen (secondary N) is 2. The summed E-state index contributed by atoms with van der Waals surface area (Å²) in [6.07, 6.45) is 1.40. The number of benzene rings is 1. The van der Waals surface area contributed by atoms with Crippen molar-refractivity contribution in [2.75, 3.05) is 17.7 Å². The number of aryl methyl sites for hydroxylation is 1. The first-order valence-electron chi connectivity index (χ1n) is 5.92. The molecule has 0 saturated heterocycles. The summed E-state index contributed by atoms with van der Waals surface area (Å²) in [5.41, 5.74) is 1.49. The van der Waals surface area contributed by atoms with Crippen LogP contribution in [0, 0.1) is 12.7 Å². The van der Waals surface area contributed by atoms with Crippen LogP contribution in [0.5, 0.6) is 0 Å². The molecule has 0 atom stereocenters. The Morgan fingerprint density at radius 2 is 2.10 bits per heavy atom. The number of anilines is 2. The van der Waals surface area contributed by atoms with E-state index in [0.717, 1.165) is 5.56 Å². The van der Waals surface area contributed by atoms with Crippen LogP contribution in [0.2, 0.25) is 5.02 Å². The molecule has 20 heavy (non-hydrogen) atoms. The van der Waals surface area contributed by atoms with E-state index >= 15 is 0 Å². The minimum atomic E-state index is -0.410. The summed E-state index contributed by atoms with van der Waals surface area (Å²) in [6, 6.07) is 5.71. The molecule has 1 amide bonds. The maximum atomic E-state index is 13.2. The zero-order chi connectivity index (χ0) is 14.7. The highest BCUT2D eigenvalue weighted by Gasteiger charge is 2.11. The molecule has 1 aromatic carbocycles. The number of rotatable bonds is 3. The Bertz CT molecular complexity index is 661. The lowest BCUT2D eigenvalue weighted by atomic mass is 10.2. The van der Waals surface area contributed by atoms with Gasteiger partial charge in [-0.2, -0.15) is 0 Å². The molecule has 0 unspecified atom stereocenters. The molecule has 1 aromatic heterocycles. The van der Waals surface area contributed by atoms with Crippen LogP contribution in [-0.4, -0.2) is 17.9 Å². The summed E-state index contributed by atoms with van der Waals surface area (Å²) >= 11 is 5.97. The van der Waals surface area contributed by atoms with Crippen LogP contribution in [0.4, 0.5) is 15.9 Å². The van der Waals surface area contributed by atoms with E-state index in [1.807, 2.05) is 0 Å². The lowest BCUT2D eigenvalue weighted by Crippen LogP contribution is -2.13. The molecule has 0 aliphatic heterocycles. The van der Waals surface area contributed by atoms with Crippen molar-refractivity contribution >= 4 is 29.0 Å². The van der Waals surface area contributed by atoms with Gasteiger partial charge >= 0.3 is 0 Å². The second-order valence-corrected chi connectivity index (χ2v) is 4.62. The summed E-state index contributed by atoms with van der Waals surface area (Å²) in [5.74, 6) is -0.312. The molecule has 2 rings (SSSR count). The van der Waals surface area contributed by atoms with Gasteiger partial charge in [0.15, 0.2) is 0 Å². The minimum absolute atomic E-state index is 0.303. The van der Waals surface area contributed by atoms with Gasteiger partial charge in [0.05, 0.1) is 10.6 Å². The van der Waals surface area contributed by atoms with Gasteiger partial charge in [0, 0.05) is 18.9 Å². The molecule has 104 valence electrons. The Hall–Kier alpha value is -2.14. The average molecular weight is 294 g/mol. The van der Waals surface area contributed by atoms with E-state index in [2.05, 4.69) is 15.6 Å². The Labute approximate surface area is 121 Å². The maximum absolute atomic E-state index is 13.2. The molecule has 2 aromatic rings. The summed E-state index contributed by atoms with van der Waals surface area (Å²) in [5, 5.41) is 5.78. The first-order chi connectivity index (χ1) is 9.51. The van der Waals surface area contributed by atoms with E-state index in [1.165, 1.54) is 24.4 Å². The Morgan fingerprint density at radius 3 is 2.75 bits per heavy atom. The Morgan fingerprint density at radius 1 is 1.35 bits per heavy atom. The number of carbonyl (C=O) groups is 1. The molecule has 0 aliphatic rings. The predicted octanol–water partition coefficient (Wildman–Crippen LogP) is 3.48. The molecule has 0 saturated carbocycles. The van der Waals surface area contributed by atoms with E-state index in [4.69, 9.17) is 11.6 Å². The van der Waals surface area contributed by atoms with E-state index in [1.54, 1.807) is 20.0 Å². The average Bonchev–Trinajstić information content (AvgIpc) is 2.42. The first-order valence-corrected chi connectivity index (χ1v) is 6.30. The first kappa shape index (κ1) is 14.3. The van der Waals surface area contributed by atoms with Crippen molar-refractivity contribution in [3.8, 4) is 0 Å². The number of nitrogens with zero attached hydrogens (tertiary/aromatic N) is 1. The number of carbonyl (C=O) groups excluding carboxylic acids is 1. The van der Waals surface area contributed by atoms with E-state index < -0.39 is 11.7 Å². The lowest BCUT2D eigenvalue weighted by Gasteiger charge is -2.09. The highest BCUT2D eigenvalue weighted by molar-refractivity contribution is 6.33. The predicted molar refractivity (Wildman–Crippen MR) is 77.9 cm³/mol. The highest BCUT2D eigenvalue weighted by atomic mass is 35.5. The standard InChI is InChI=1S/C14H13ClFN3O/c1-8-3-4-10(16)6-12(8)19-14(20)9-5-11(15)13(17-2)18-7-9/h3-7H,1-2H3,(H,17,18)(H,19,20). The molecule has 0 spiro atoms. The maximum Gasteiger partial charge on any atom is 0.257 e. The van der Waals surface area contributed by atoms with Crippen LogP contribution in [0.1, 0.15) is 15.9 Å². The number of amides is 1. The topological polar surface area (TPSA) is 54.0 Å². The van der Waals surface area contributed by atoms with Crippen LogP contribution in [-0.2, 0) is 0 Å². The summed E-state index contributed by atoms with van der Waals surface area (Å²) in [4.78, 5) is 16.1. The summed E-state index contributed by atoms with van der Waals surface area (Å²) in [7, 11) is 1.68. The molecule has 2 N–H and O–H groups in total. The Kier molecular flexibility index (Phi) is 4.20. The summed E-state index contributed by atoms with van der Waals surface area (Å²) < 4.78 is 13.2. The van der Waals surface area contributed by atoms with Crippen molar-refractivity contribution in [1.29, 1.82) is 0 Å². The van der Waals surface area contributed by atoms with Crippen molar-refractivity contribution in [1.82, 2.24) is 4.98 Å². The molecule has 0 bridgehead atoms. The van der Waals surface area contributed by atoms with Crippen LogP contribution in [0.15, 0.2) is 30.5 Å². The third-order valence-corrected chi connectivity index (χ3v) is 3.08. The van der Waals surface area contributed by atoms with Crippen molar-refractivity contribution in [3.63, 3.8) is 0 Å². The molecule has 1 heterocycles. The minimum Gasteiger partial charge on any atom is -0.372 e. The molecular formula is C14H13ClFN3O. The second-order valence-electron chi connectivity index (χ2n) is 4.22. The number of pyridine rings is 1. The van der Waals surface area contributed by atoms with Crippen LogP contribution < -0.4 is 10.6 Å². The quantitative estimate of drug-likeness (QED) is 0.911. The van der Waals surface area contributed by atoms with E-state index in [0.29, 0.717) is 22.1 Å². The molecule has 0 radical (unpaired) electrons. The van der Waals surface area contributed by atoms with Crippen LogP contribution >= 0.6 is 11.6 Å². The summed E-state index contributed by atoms with van der Waals surface area (Å²) in [6.45, 7) is 1.78. The largest absolute Gasteiger partial charge is 0.372 e. The fraction of sp³-hybridized carbons (Fsp3) is 0.143. The molecule has 0 aliphatic carbocycles. The second kappa shape index (κ2) is 5.88. The number of aromatic nitrogens is 1. The number of hydrogen-bond acceptors (Lipinski definition) is 3. The van der Waals surface area contributed by atoms with Crippen molar-refractivity contribution in [2.45, 2.75) is 6.92 Å². The highest BCUT2D eigenvalue weighted by Crippen LogP contribution is 2.21. The molecular weight excluding hydrogens is 281 g/mol. The molecule has 0 fully saturated rings. The van der Waals surface area contributed by atoms with Crippen LogP contribution in [0.25, 0.3) is 0 Å². The van der Waals surface area contributed by atoms with Gasteiger partial charge in [0.1, 0.15) is 11.6 Å². The molecule has 4 nitrogen and oxygen atoms in total. The zero-order valence-corrected chi connectivity index (χ0v) is 11.8. The van der Waals surface area contributed by atoms with Gasteiger partial charge in [-0.3, -0.25) is 4.79 Å². The van der Waals surface area contributed by atoms with Gasteiger partial charge in [0.25, 0.3) is 5.91 Å². The Balaban J connectivity index is 2.24. The van der Waals surface area contributed by atoms with Crippen molar-refractivity contribution in [2.24, 2.45) is 0 Å². The van der Waals surface area contributed by atoms with Gasteiger partial charge < -0.3 is 10.6 Å². The third-order valence-electron chi connectivity index (χ3n) is 2.79. The third kappa shape index (κ3) is 3.05. The fourth-order valence-electron chi connectivity index (χ4n) is 1.67. The van der Waals surface area contributed by atoms with Crippen molar-refractivity contribution in [3.05, 3.63) is 52.4 Å². The van der Waals surface area contributed by atoms with Gasteiger partial charge in [-0.05, 0) is 30.7 Å². The van der Waals surface area contributed by atoms with Gasteiger partial charge in [0.2, 0.25) is 0 Å². The molecule has 6 heteroatoms. The van der Waals surface area contributed by atoms with E-state index in [-0.39, 0.29) is 0 Å². The normalized spacial score (nSPS) is 10.2. The SMILES string of the molecule is CNc1ncc(C(=O)Nc2cc(F)ccc2C)cc1Cl. The number of halogens is 2. The smallest absolute Gasteiger partial charge is 0.257 e. The monoisotopic (exact) mass is 293 g/mol.